The van der Waals surface area contributed by atoms with Crippen LogP contribution in [0.4, 0.5) is 4.79 Å². The van der Waals surface area contributed by atoms with Crippen LogP contribution in [0.2, 0.25) is 5.02 Å². The summed E-state index contributed by atoms with van der Waals surface area (Å²) >= 11 is 6.23. The molecule has 0 aliphatic rings. The number of hydrogen-bond acceptors (Lipinski definition) is 6. The molecule has 0 saturated carbocycles. The van der Waals surface area contributed by atoms with Crippen LogP contribution >= 0.6 is 11.6 Å². The van der Waals surface area contributed by atoms with Crippen molar-refractivity contribution in [3.05, 3.63) is 28.8 Å². The maximum atomic E-state index is 12.2. The third kappa shape index (κ3) is 8.54. The van der Waals surface area contributed by atoms with E-state index in [1.165, 1.54) is 14.6 Å². The molecular formula is C21H32BClNO6. The highest BCUT2D eigenvalue weighted by Crippen LogP contribution is 2.24. The van der Waals surface area contributed by atoms with E-state index in [0.717, 1.165) is 0 Å². The molecule has 0 spiro atoms. The molecule has 0 aliphatic carbocycles. The number of hydrogen-bond donors (Lipinski definition) is 2. The van der Waals surface area contributed by atoms with Crippen molar-refractivity contribution in [3.8, 4) is 0 Å². The molecule has 1 aromatic rings. The summed E-state index contributed by atoms with van der Waals surface area (Å²) in [5.41, 5.74) is -1.28. The Hall–Kier alpha value is -1.77. The number of esters is 1. The largest absolute Gasteiger partial charge is 0.467 e. The molecule has 30 heavy (non-hydrogen) atoms. The van der Waals surface area contributed by atoms with Crippen molar-refractivity contribution in [2.24, 2.45) is 0 Å². The molecule has 9 heteroatoms. The van der Waals surface area contributed by atoms with Crippen LogP contribution in [0, 0.1) is 0 Å². The lowest BCUT2D eigenvalue weighted by Gasteiger charge is -2.37. The van der Waals surface area contributed by atoms with E-state index in [9.17, 15) is 14.7 Å². The molecule has 7 nitrogen and oxygen atoms in total. The van der Waals surface area contributed by atoms with Gasteiger partial charge in [0.25, 0.3) is 0 Å². The molecule has 2 N–H and O–H groups in total. The first kappa shape index (κ1) is 26.3. The Bertz CT molecular complexity index is 755. The van der Waals surface area contributed by atoms with Crippen molar-refractivity contribution in [1.29, 1.82) is 0 Å². The van der Waals surface area contributed by atoms with Gasteiger partial charge in [0.1, 0.15) is 11.6 Å². The first-order valence-electron chi connectivity index (χ1n) is 9.64. The van der Waals surface area contributed by atoms with Crippen LogP contribution in [0.3, 0.4) is 0 Å². The third-order valence-electron chi connectivity index (χ3n) is 4.56. The number of halogens is 1. The zero-order valence-electron chi connectivity index (χ0n) is 19.0. The number of benzene rings is 1. The molecule has 0 aromatic heterocycles. The molecule has 0 bridgehead atoms. The average Bonchev–Trinajstić information content (AvgIpc) is 2.55. The lowest BCUT2D eigenvalue weighted by Crippen LogP contribution is -2.49. The summed E-state index contributed by atoms with van der Waals surface area (Å²) in [5.74, 6) is -0.606. The number of carbonyl (C=O) groups is 2. The Balaban J connectivity index is 2.98. The first-order chi connectivity index (χ1) is 13.5. The monoisotopic (exact) mass is 440 g/mol. The maximum absolute atomic E-state index is 12.2. The zero-order valence-corrected chi connectivity index (χ0v) is 19.7. The van der Waals surface area contributed by atoms with Gasteiger partial charge in [-0.05, 0) is 66.2 Å². The number of aliphatic hydroxyl groups is 1. The fourth-order valence-corrected chi connectivity index (χ4v) is 2.51. The number of amides is 1. The minimum absolute atomic E-state index is 0.141. The molecule has 1 radical (unpaired) electrons. The molecule has 167 valence electrons. The summed E-state index contributed by atoms with van der Waals surface area (Å²) in [7, 11) is 2.75. The van der Waals surface area contributed by atoms with Crippen molar-refractivity contribution in [2.75, 3.05) is 7.11 Å². The number of rotatable bonds is 8. The Morgan fingerprint density at radius 1 is 1.13 bits per heavy atom. The third-order valence-corrected chi connectivity index (χ3v) is 4.78. The number of nitrogens with one attached hydrogen (secondary N) is 1. The van der Waals surface area contributed by atoms with Crippen LogP contribution in [0.15, 0.2) is 18.2 Å². The van der Waals surface area contributed by atoms with E-state index in [-0.39, 0.29) is 6.42 Å². The van der Waals surface area contributed by atoms with Crippen LogP contribution < -0.4 is 10.8 Å². The highest BCUT2D eigenvalue weighted by molar-refractivity contribution is 6.48. The number of ether oxygens (including phenoxy) is 2. The lowest BCUT2D eigenvalue weighted by molar-refractivity contribution is -0.143. The lowest BCUT2D eigenvalue weighted by atomic mass is 9.82. The summed E-state index contributed by atoms with van der Waals surface area (Å²) in [4.78, 5) is 24.3. The van der Waals surface area contributed by atoms with E-state index in [1.54, 1.807) is 66.7 Å². The van der Waals surface area contributed by atoms with Gasteiger partial charge >= 0.3 is 19.5 Å². The van der Waals surface area contributed by atoms with Crippen LogP contribution in [0.25, 0.3) is 0 Å². The smallest absolute Gasteiger partial charge is 0.408 e. The Morgan fingerprint density at radius 3 is 2.23 bits per heavy atom. The Labute approximate surface area is 184 Å². The van der Waals surface area contributed by atoms with Crippen LogP contribution in [0.5, 0.6) is 0 Å². The second-order valence-electron chi connectivity index (χ2n) is 9.12. The van der Waals surface area contributed by atoms with Gasteiger partial charge in [0.2, 0.25) is 0 Å². The van der Waals surface area contributed by atoms with Crippen molar-refractivity contribution in [3.63, 3.8) is 0 Å². The second-order valence-corrected chi connectivity index (χ2v) is 9.56. The molecule has 0 unspecified atom stereocenters. The molecule has 0 fully saturated rings. The quantitative estimate of drug-likeness (QED) is 0.477. The predicted molar refractivity (Wildman–Crippen MR) is 117 cm³/mol. The predicted octanol–water partition coefficient (Wildman–Crippen LogP) is 2.76. The topological polar surface area (TPSA) is 94.1 Å². The summed E-state index contributed by atoms with van der Waals surface area (Å²) in [5, 5.41) is 13.2. The molecule has 0 saturated heterocycles. The molecule has 0 heterocycles. The molecule has 1 amide bonds. The van der Waals surface area contributed by atoms with Crippen LogP contribution in [0.1, 0.15) is 54.0 Å². The molecular weight excluding hydrogens is 408 g/mol. The summed E-state index contributed by atoms with van der Waals surface area (Å²) < 4.78 is 15.8. The van der Waals surface area contributed by atoms with E-state index in [2.05, 4.69) is 5.32 Å². The van der Waals surface area contributed by atoms with Crippen molar-refractivity contribution in [1.82, 2.24) is 5.32 Å². The fourth-order valence-electron chi connectivity index (χ4n) is 2.24. The zero-order chi connectivity index (χ0) is 23.3. The molecule has 1 rings (SSSR count). The summed E-state index contributed by atoms with van der Waals surface area (Å²) in [6.45, 7) is 12.1. The van der Waals surface area contributed by atoms with Gasteiger partial charge < -0.3 is 24.6 Å². The van der Waals surface area contributed by atoms with E-state index in [1.807, 2.05) is 0 Å². The maximum Gasteiger partial charge on any atom is 0.408 e. The van der Waals surface area contributed by atoms with Crippen molar-refractivity contribution >= 4 is 36.6 Å². The van der Waals surface area contributed by atoms with Gasteiger partial charge in [-0.25, -0.2) is 9.59 Å². The normalized spacial score (nSPS) is 13.4. The minimum atomic E-state index is -1.07. The fraction of sp³-hybridized carbons (Fsp3) is 0.619. The highest BCUT2D eigenvalue weighted by Gasteiger charge is 2.35. The average molecular weight is 441 g/mol. The standard InChI is InChI=1S/C21H32BClNO6/c1-19(2,3)29-18(26)24-16(17(25)28-8)11-13-9-14(12-15(23)10-13)22-30-21(6,7)20(4,5)27/h9-10,12,16,27H,11H2,1-8H3,(H,24,26)/t16-/m0/s1. The van der Waals surface area contributed by atoms with Crippen LogP contribution in [-0.4, -0.2) is 54.6 Å². The number of carbonyl (C=O) groups excluding carboxylic acids is 2. The van der Waals surface area contributed by atoms with E-state index in [4.69, 9.17) is 25.7 Å². The van der Waals surface area contributed by atoms with Crippen molar-refractivity contribution < 1.29 is 28.8 Å². The van der Waals surface area contributed by atoms with Gasteiger partial charge in [-0.3, -0.25) is 0 Å². The van der Waals surface area contributed by atoms with Gasteiger partial charge in [-0.15, -0.1) is 0 Å². The van der Waals surface area contributed by atoms with E-state index in [0.29, 0.717) is 16.0 Å². The van der Waals surface area contributed by atoms with E-state index >= 15 is 0 Å². The Morgan fingerprint density at radius 2 is 1.73 bits per heavy atom. The van der Waals surface area contributed by atoms with Gasteiger partial charge in [0.15, 0.2) is 0 Å². The van der Waals surface area contributed by atoms with Crippen LogP contribution in [-0.2, 0) is 25.3 Å². The van der Waals surface area contributed by atoms with Gasteiger partial charge in [-0.1, -0.05) is 23.1 Å². The summed E-state index contributed by atoms with van der Waals surface area (Å²) in [6, 6.07) is 4.20. The van der Waals surface area contributed by atoms with Crippen molar-refractivity contribution in [2.45, 2.75) is 77.7 Å². The van der Waals surface area contributed by atoms with E-state index < -0.39 is 34.9 Å². The molecule has 1 aromatic carbocycles. The number of methoxy groups -OCH3 is 1. The second kappa shape index (κ2) is 10.0. The van der Waals surface area contributed by atoms with Gasteiger partial charge in [0.05, 0.1) is 18.3 Å². The van der Waals surface area contributed by atoms with Gasteiger partial charge in [-0.2, -0.15) is 0 Å². The van der Waals surface area contributed by atoms with Gasteiger partial charge in [0, 0.05) is 11.4 Å². The number of alkyl carbamates (subject to hydrolysis) is 1. The highest BCUT2D eigenvalue weighted by atomic mass is 35.5. The SMILES string of the molecule is COC(=O)[C@H](Cc1cc(Cl)cc([B]OC(C)(C)C(C)(C)O)c1)NC(=O)OC(C)(C)C. The molecule has 1 atom stereocenters. The Kier molecular flexibility index (Phi) is 8.78. The summed E-state index contributed by atoms with van der Waals surface area (Å²) in [6.07, 6.45) is -0.579. The minimum Gasteiger partial charge on any atom is -0.467 e. The molecule has 0 aliphatic heterocycles. The first-order valence-corrected chi connectivity index (χ1v) is 10.0.